The van der Waals surface area contributed by atoms with Crippen molar-refractivity contribution < 1.29 is 4.79 Å². The van der Waals surface area contributed by atoms with Gasteiger partial charge < -0.3 is 5.32 Å². The zero-order valence-corrected chi connectivity index (χ0v) is 9.60. The number of nitrogens with zero attached hydrogens (tertiary/aromatic N) is 2. The van der Waals surface area contributed by atoms with Crippen LogP contribution in [0.5, 0.6) is 0 Å². The number of hydrogen-bond acceptors (Lipinski definition) is 3. The minimum Gasteiger partial charge on any atom is -0.352 e. The molecule has 0 radical (unpaired) electrons. The number of carbonyl (C=O) groups is 1. The molecule has 0 fully saturated rings. The number of pyridine rings is 1. The SMILES string of the molecule is Cc1[nH]ncc1C(=O)NCCc1ccccn1. The molecule has 2 heterocycles. The van der Waals surface area contributed by atoms with E-state index in [-0.39, 0.29) is 5.91 Å². The van der Waals surface area contributed by atoms with E-state index in [0.29, 0.717) is 12.1 Å². The van der Waals surface area contributed by atoms with Crippen molar-refractivity contribution in [1.29, 1.82) is 0 Å². The van der Waals surface area contributed by atoms with Gasteiger partial charge in [0.1, 0.15) is 0 Å². The standard InChI is InChI=1S/C12H14N4O/c1-9-11(8-15-16-9)12(17)14-7-5-10-4-2-3-6-13-10/h2-4,6,8H,5,7H2,1H3,(H,14,17)(H,15,16). The van der Waals surface area contributed by atoms with Crippen LogP contribution >= 0.6 is 0 Å². The van der Waals surface area contributed by atoms with Gasteiger partial charge >= 0.3 is 0 Å². The van der Waals surface area contributed by atoms with E-state index in [1.165, 1.54) is 6.20 Å². The highest BCUT2D eigenvalue weighted by Gasteiger charge is 2.09. The molecule has 0 aliphatic carbocycles. The van der Waals surface area contributed by atoms with Crippen molar-refractivity contribution in [2.75, 3.05) is 6.54 Å². The van der Waals surface area contributed by atoms with Crippen molar-refractivity contribution >= 4 is 5.91 Å². The van der Waals surface area contributed by atoms with Gasteiger partial charge in [0.15, 0.2) is 0 Å². The van der Waals surface area contributed by atoms with Crippen molar-refractivity contribution in [2.45, 2.75) is 13.3 Å². The van der Waals surface area contributed by atoms with Gasteiger partial charge in [0.25, 0.3) is 5.91 Å². The first kappa shape index (κ1) is 11.3. The predicted octanol–water partition coefficient (Wildman–Crippen LogP) is 1.09. The number of aromatic nitrogens is 3. The van der Waals surface area contributed by atoms with Crippen LogP contribution in [-0.2, 0) is 6.42 Å². The number of nitrogens with one attached hydrogen (secondary N) is 2. The lowest BCUT2D eigenvalue weighted by Gasteiger charge is -2.03. The minimum atomic E-state index is -0.104. The third-order valence-electron chi connectivity index (χ3n) is 2.47. The average molecular weight is 230 g/mol. The molecule has 0 saturated carbocycles. The van der Waals surface area contributed by atoms with E-state index in [2.05, 4.69) is 20.5 Å². The fourth-order valence-electron chi connectivity index (χ4n) is 1.52. The molecule has 88 valence electrons. The van der Waals surface area contributed by atoms with Crippen molar-refractivity contribution in [3.8, 4) is 0 Å². The van der Waals surface area contributed by atoms with Crippen LogP contribution in [-0.4, -0.2) is 27.6 Å². The Labute approximate surface area is 99.3 Å². The Balaban J connectivity index is 1.84. The average Bonchev–Trinajstić information content (AvgIpc) is 2.77. The van der Waals surface area contributed by atoms with Crippen molar-refractivity contribution in [1.82, 2.24) is 20.5 Å². The van der Waals surface area contributed by atoms with Gasteiger partial charge in [-0.2, -0.15) is 5.10 Å². The van der Waals surface area contributed by atoms with Crippen LogP contribution in [0.15, 0.2) is 30.6 Å². The summed E-state index contributed by atoms with van der Waals surface area (Å²) in [5.74, 6) is -0.104. The molecular formula is C12H14N4O. The van der Waals surface area contributed by atoms with Gasteiger partial charge in [-0.25, -0.2) is 0 Å². The first-order valence-electron chi connectivity index (χ1n) is 5.45. The van der Waals surface area contributed by atoms with Gasteiger partial charge in [0.05, 0.1) is 11.8 Å². The quantitative estimate of drug-likeness (QED) is 0.825. The molecule has 0 bridgehead atoms. The van der Waals surface area contributed by atoms with E-state index in [1.54, 1.807) is 6.20 Å². The second-order valence-electron chi connectivity index (χ2n) is 3.74. The summed E-state index contributed by atoms with van der Waals surface area (Å²) in [5.41, 5.74) is 2.34. The molecule has 0 unspecified atom stereocenters. The largest absolute Gasteiger partial charge is 0.352 e. The molecule has 0 aromatic carbocycles. The Bertz CT molecular complexity index is 492. The fraction of sp³-hybridized carbons (Fsp3) is 0.250. The molecule has 2 N–H and O–H groups in total. The predicted molar refractivity (Wildman–Crippen MR) is 63.6 cm³/mol. The summed E-state index contributed by atoms with van der Waals surface area (Å²) < 4.78 is 0. The number of hydrogen-bond donors (Lipinski definition) is 2. The molecule has 5 heteroatoms. The number of carbonyl (C=O) groups excluding carboxylic acids is 1. The molecule has 2 aromatic rings. The third kappa shape index (κ3) is 2.90. The monoisotopic (exact) mass is 230 g/mol. The second kappa shape index (κ2) is 5.25. The van der Waals surface area contributed by atoms with Crippen LogP contribution in [0.2, 0.25) is 0 Å². The van der Waals surface area contributed by atoms with Gasteiger partial charge in [-0.15, -0.1) is 0 Å². The molecule has 17 heavy (non-hydrogen) atoms. The Morgan fingerprint density at radius 2 is 2.35 bits per heavy atom. The summed E-state index contributed by atoms with van der Waals surface area (Å²) in [7, 11) is 0. The topological polar surface area (TPSA) is 70.7 Å². The number of aromatic amines is 1. The Morgan fingerprint density at radius 1 is 1.47 bits per heavy atom. The summed E-state index contributed by atoms with van der Waals surface area (Å²) in [5, 5.41) is 9.38. The maximum atomic E-state index is 11.7. The third-order valence-corrected chi connectivity index (χ3v) is 2.47. The zero-order valence-electron chi connectivity index (χ0n) is 9.60. The van der Waals surface area contributed by atoms with Crippen LogP contribution in [0.4, 0.5) is 0 Å². The Kier molecular flexibility index (Phi) is 3.49. The molecule has 0 aliphatic rings. The van der Waals surface area contributed by atoms with Crippen molar-refractivity contribution in [2.24, 2.45) is 0 Å². The van der Waals surface area contributed by atoms with Crippen molar-refractivity contribution in [3.63, 3.8) is 0 Å². The highest BCUT2D eigenvalue weighted by molar-refractivity contribution is 5.94. The molecule has 2 aromatic heterocycles. The zero-order chi connectivity index (χ0) is 12.1. The van der Waals surface area contributed by atoms with Gasteiger partial charge in [-0.1, -0.05) is 6.07 Å². The van der Waals surface area contributed by atoms with Crippen LogP contribution in [0.3, 0.4) is 0 Å². The van der Waals surface area contributed by atoms with E-state index in [0.717, 1.165) is 17.8 Å². The van der Waals surface area contributed by atoms with E-state index < -0.39 is 0 Å². The minimum absolute atomic E-state index is 0.104. The highest BCUT2D eigenvalue weighted by Crippen LogP contribution is 2.01. The maximum absolute atomic E-state index is 11.7. The second-order valence-corrected chi connectivity index (χ2v) is 3.74. The maximum Gasteiger partial charge on any atom is 0.254 e. The van der Waals surface area contributed by atoms with E-state index >= 15 is 0 Å². The van der Waals surface area contributed by atoms with Crippen LogP contribution in [0, 0.1) is 6.92 Å². The van der Waals surface area contributed by atoms with Crippen LogP contribution in [0.25, 0.3) is 0 Å². The smallest absolute Gasteiger partial charge is 0.254 e. The summed E-state index contributed by atoms with van der Waals surface area (Å²) >= 11 is 0. The van der Waals surface area contributed by atoms with E-state index in [1.807, 2.05) is 25.1 Å². The molecule has 1 amide bonds. The summed E-state index contributed by atoms with van der Waals surface area (Å²) in [4.78, 5) is 15.9. The van der Waals surface area contributed by atoms with Crippen LogP contribution in [0.1, 0.15) is 21.7 Å². The lowest BCUT2D eigenvalue weighted by atomic mass is 10.2. The lowest BCUT2D eigenvalue weighted by molar-refractivity contribution is 0.0953. The summed E-state index contributed by atoms with van der Waals surface area (Å²) in [6, 6.07) is 5.75. The lowest BCUT2D eigenvalue weighted by Crippen LogP contribution is -2.26. The molecule has 0 aliphatic heterocycles. The van der Waals surface area contributed by atoms with E-state index in [9.17, 15) is 4.79 Å². The van der Waals surface area contributed by atoms with E-state index in [4.69, 9.17) is 0 Å². The first-order chi connectivity index (χ1) is 8.27. The number of H-pyrrole nitrogens is 1. The molecule has 0 atom stereocenters. The van der Waals surface area contributed by atoms with Gasteiger partial charge in [0.2, 0.25) is 0 Å². The first-order valence-corrected chi connectivity index (χ1v) is 5.45. The number of amides is 1. The molecular weight excluding hydrogens is 216 g/mol. The van der Waals surface area contributed by atoms with Gasteiger partial charge in [-0.3, -0.25) is 14.9 Å². The molecule has 0 spiro atoms. The molecule has 0 saturated heterocycles. The molecule has 5 nitrogen and oxygen atoms in total. The Hall–Kier alpha value is -2.17. The summed E-state index contributed by atoms with van der Waals surface area (Å²) in [6.07, 6.45) is 4.01. The highest BCUT2D eigenvalue weighted by atomic mass is 16.1. The Morgan fingerprint density at radius 3 is 3.00 bits per heavy atom. The van der Waals surface area contributed by atoms with Gasteiger partial charge in [-0.05, 0) is 19.1 Å². The normalized spacial score (nSPS) is 10.2. The van der Waals surface area contributed by atoms with Crippen LogP contribution < -0.4 is 5.32 Å². The molecule has 2 rings (SSSR count). The number of rotatable bonds is 4. The van der Waals surface area contributed by atoms with Gasteiger partial charge in [0, 0.05) is 30.6 Å². The van der Waals surface area contributed by atoms with Crippen molar-refractivity contribution in [3.05, 3.63) is 47.5 Å². The number of aryl methyl sites for hydroxylation is 1. The summed E-state index contributed by atoms with van der Waals surface area (Å²) in [6.45, 7) is 2.39. The fourth-order valence-corrected chi connectivity index (χ4v) is 1.52.